The van der Waals surface area contributed by atoms with Gasteiger partial charge in [0.15, 0.2) is 5.82 Å². The predicted molar refractivity (Wildman–Crippen MR) is 108 cm³/mol. The lowest BCUT2D eigenvalue weighted by molar-refractivity contribution is -0.111. The van der Waals surface area contributed by atoms with Gasteiger partial charge in [-0.2, -0.15) is 13.5 Å². The van der Waals surface area contributed by atoms with Gasteiger partial charge in [-0.3, -0.25) is 4.79 Å². The van der Waals surface area contributed by atoms with Crippen LogP contribution in [0.2, 0.25) is 0 Å². The van der Waals surface area contributed by atoms with Crippen molar-refractivity contribution in [1.82, 2.24) is 20.2 Å². The van der Waals surface area contributed by atoms with Crippen molar-refractivity contribution in [2.75, 3.05) is 5.32 Å². The maximum Gasteiger partial charge on any atom is 0.387 e. The second-order valence-corrected chi connectivity index (χ2v) is 6.18. The van der Waals surface area contributed by atoms with E-state index in [4.69, 9.17) is 4.42 Å². The molecule has 0 aliphatic carbocycles. The van der Waals surface area contributed by atoms with Crippen LogP contribution in [0, 0.1) is 0 Å². The minimum atomic E-state index is -2.93. The Morgan fingerprint density at radius 1 is 1.06 bits per heavy atom. The molecule has 0 atom stereocenters. The number of amides is 1. The van der Waals surface area contributed by atoms with E-state index >= 15 is 0 Å². The van der Waals surface area contributed by atoms with Crippen molar-refractivity contribution in [1.29, 1.82) is 0 Å². The van der Waals surface area contributed by atoms with Crippen LogP contribution in [0.25, 0.3) is 23.2 Å². The maximum absolute atomic E-state index is 13.1. The molecule has 0 saturated carbocycles. The molecule has 0 radical (unpaired) electrons. The second kappa shape index (κ2) is 8.99. The van der Waals surface area contributed by atoms with E-state index in [1.54, 1.807) is 12.1 Å². The summed E-state index contributed by atoms with van der Waals surface area (Å²) in [6.45, 7) is -2.93. The van der Waals surface area contributed by atoms with Crippen molar-refractivity contribution in [2.45, 2.75) is 6.61 Å². The molecule has 0 saturated heterocycles. The molecule has 10 heteroatoms. The smallest absolute Gasteiger partial charge is 0.387 e. The van der Waals surface area contributed by atoms with E-state index < -0.39 is 12.5 Å². The van der Waals surface area contributed by atoms with Crippen LogP contribution >= 0.6 is 0 Å². The summed E-state index contributed by atoms with van der Waals surface area (Å²) in [6.07, 6.45) is 2.97. The topological polar surface area (TPSA) is 95.1 Å². The summed E-state index contributed by atoms with van der Waals surface area (Å²) in [6, 6.07) is 18.0. The molecule has 31 heavy (non-hydrogen) atoms. The van der Waals surface area contributed by atoms with Crippen LogP contribution in [-0.4, -0.2) is 32.7 Å². The minimum Gasteiger partial charge on any atom is -0.465 e. The van der Waals surface area contributed by atoms with E-state index in [2.05, 4.69) is 25.6 Å². The number of nitrogens with one attached hydrogen (secondary N) is 1. The molecular weight excluding hydrogens is 408 g/mol. The Labute approximate surface area is 174 Å². The zero-order valence-electron chi connectivity index (χ0n) is 15.9. The average molecular weight is 423 g/mol. The first kappa shape index (κ1) is 20.0. The van der Waals surface area contributed by atoms with Gasteiger partial charge in [0.05, 0.1) is 6.26 Å². The van der Waals surface area contributed by atoms with Crippen LogP contribution in [0.4, 0.5) is 14.5 Å². The van der Waals surface area contributed by atoms with Gasteiger partial charge in [0.2, 0.25) is 0 Å². The van der Waals surface area contributed by atoms with Gasteiger partial charge in [-0.25, -0.2) is 0 Å². The molecule has 0 bridgehead atoms. The molecular formula is C21H15F2N5O3. The zero-order chi connectivity index (χ0) is 21.6. The molecule has 2 aromatic heterocycles. The number of hydrogen-bond donors (Lipinski definition) is 1. The highest BCUT2D eigenvalue weighted by atomic mass is 19.3. The Kier molecular flexibility index (Phi) is 5.79. The summed E-state index contributed by atoms with van der Waals surface area (Å²) in [5.41, 5.74) is 1.16. The number of furan rings is 1. The number of tetrazole rings is 1. The fourth-order valence-corrected chi connectivity index (χ4v) is 2.76. The third-order valence-corrected chi connectivity index (χ3v) is 4.12. The zero-order valence-corrected chi connectivity index (χ0v) is 15.9. The number of anilines is 1. The van der Waals surface area contributed by atoms with E-state index in [1.807, 2.05) is 30.3 Å². The van der Waals surface area contributed by atoms with Crippen molar-refractivity contribution < 1.29 is 22.7 Å². The number of nitrogens with zero attached hydrogens (tertiary/aromatic N) is 4. The number of hydrogen-bond acceptors (Lipinski definition) is 6. The molecule has 0 unspecified atom stereocenters. The van der Waals surface area contributed by atoms with Crippen LogP contribution in [0.1, 0.15) is 5.76 Å². The van der Waals surface area contributed by atoms with Crippen molar-refractivity contribution in [3.05, 3.63) is 78.8 Å². The molecule has 4 aromatic rings. The molecule has 4 rings (SSSR count). The highest BCUT2D eigenvalue weighted by molar-refractivity contribution is 6.24. The number of carbonyl (C=O) groups is 1. The Morgan fingerprint density at radius 2 is 1.84 bits per heavy atom. The fourth-order valence-electron chi connectivity index (χ4n) is 2.76. The Morgan fingerprint density at radius 3 is 2.52 bits per heavy atom. The second-order valence-electron chi connectivity index (χ2n) is 6.18. The Balaban J connectivity index is 1.66. The third kappa shape index (κ3) is 4.81. The molecule has 1 amide bonds. The van der Waals surface area contributed by atoms with Crippen LogP contribution in [0.5, 0.6) is 5.75 Å². The first-order valence-corrected chi connectivity index (χ1v) is 9.06. The number of benzene rings is 2. The number of ether oxygens (including phenoxy) is 1. The predicted octanol–water partition coefficient (Wildman–Crippen LogP) is 4.17. The van der Waals surface area contributed by atoms with E-state index in [0.29, 0.717) is 22.8 Å². The van der Waals surface area contributed by atoms with Crippen molar-refractivity contribution in [2.24, 2.45) is 0 Å². The van der Waals surface area contributed by atoms with Gasteiger partial charge < -0.3 is 14.5 Å². The summed E-state index contributed by atoms with van der Waals surface area (Å²) in [7, 11) is 0. The van der Waals surface area contributed by atoms with E-state index in [-0.39, 0.29) is 11.4 Å². The summed E-state index contributed by atoms with van der Waals surface area (Å²) < 4.78 is 35.6. The molecule has 2 heterocycles. The molecule has 2 aromatic carbocycles. The van der Waals surface area contributed by atoms with Gasteiger partial charge >= 0.3 is 6.61 Å². The lowest BCUT2D eigenvalue weighted by atomic mass is 10.2. The first-order chi connectivity index (χ1) is 15.1. The molecule has 0 aliphatic rings. The molecule has 8 nitrogen and oxygen atoms in total. The summed E-state index contributed by atoms with van der Waals surface area (Å²) in [4.78, 5) is 13.1. The van der Waals surface area contributed by atoms with Gasteiger partial charge in [-0.05, 0) is 46.8 Å². The molecule has 156 valence electrons. The SMILES string of the molecule is O=C(Nc1ccc(OC(F)F)cc1)C(=Cc1ccco1)n1nnnc1-c1ccccc1. The summed E-state index contributed by atoms with van der Waals surface area (Å²) in [5.74, 6) is 0.212. The van der Waals surface area contributed by atoms with Gasteiger partial charge in [-0.1, -0.05) is 30.3 Å². The quantitative estimate of drug-likeness (QED) is 0.448. The molecule has 1 N–H and O–H groups in total. The lowest BCUT2D eigenvalue weighted by Gasteiger charge is -2.11. The summed E-state index contributed by atoms with van der Waals surface area (Å²) >= 11 is 0. The normalized spacial score (nSPS) is 11.5. The molecule has 0 fully saturated rings. The number of rotatable bonds is 7. The summed E-state index contributed by atoms with van der Waals surface area (Å²) in [5, 5.41) is 14.4. The van der Waals surface area contributed by atoms with Gasteiger partial charge in [0.25, 0.3) is 5.91 Å². The van der Waals surface area contributed by atoms with E-state index in [0.717, 1.165) is 0 Å². The number of alkyl halides is 2. The van der Waals surface area contributed by atoms with Crippen molar-refractivity contribution in [3.63, 3.8) is 0 Å². The van der Waals surface area contributed by atoms with Gasteiger partial charge in [-0.15, -0.1) is 5.10 Å². The number of carbonyl (C=O) groups excluding carboxylic acids is 1. The molecule has 0 spiro atoms. The fraction of sp³-hybridized carbons (Fsp3) is 0.0476. The van der Waals surface area contributed by atoms with Crippen LogP contribution in [0.15, 0.2) is 77.4 Å². The van der Waals surface area contributed by atoms with E-state index in [9.17, 15) is 13.6 Å². The lowest BCUT2D eigenvalue weighted by Crippen LogP contribution is -2.19. The Bertz CT molecular complexity index is 1170. The number of halogens is 2. The standard InChI is InChI=1S/C21H15F2N5O3/c22-21(23)31-16-10-8-15(9-11-16)24-20(29)18(13-17-7-4-12-30-17)28-19(25-26-27-28)14-5-2-1-3-6-14/h1-13,21H,(H,24,29). The van der Waals surface area contributed by atoms with Crippen LogP contribution in [0.3, 0.4) is 0 Å². The van der Waals surface area contributed by atoms with Crippen molar-refractivity contribution >= 4 is 23.4 Å². The average Bonchev–Trinajstić information content (AvgIpc) is 3.45. The van der Waals surface area contributed by atoms with Gasteiger partial charge in [0, 0.05) is 17.3 Å². The van der Waals surface area contributed by atoms with Crippen LogP contribution in [-0.2, 0) is 4.79 Å². The largest absolute Gasteiger partial charge is 0.465 e. The maximum atomic E-state index is 13.1. The highest BCUT2D eigenvalue weighted by Crippen LogP contribution is 2.23. The van der Waals surface area contributed by atoms with Crippen LogP contribution < -0.4 is 10.1 Å². The molecule has 0 aliphatic heterocycles. The van der Waals surface area contributed by atoms with Gasteiger partial charge in [0.1, 0.15) is 17.2 Å². The monoisotopic (exact) mass is 423 g/mol. The van der Waals surface area contributed by atoms with Crippen molar-refractivity contribution in [3.8, 4) is 17.1 Å². The highest BCUT2D eigenvalue weighted by Gasteiger charge is 2.20. The first-order valence-electron chi connectivity index (χ1n) is 9.06. The minimum absolute atomic E-state index is 0.0220. The third-order valence-electron chi connectivity index (χ3n) is 4.12. The van der Waals surface area contributed by atoms with E-state index in [1.165, 1.54) is 41.3 Å². The number of aromatic nitrogens is 4. The Hall–Kier alpha value is -4.34.